The summed E-state index contributed by atoms with van der Waals surface area (Å²) in [7, 11) is 2.03. The molecule has 6 heteroatoms. The summed E-state index contributed by atoms with van der Waals surface area (Å²) in [4.78, 5) is 17.8. The van der Waals surface area contributed by atoms with Gasteiger partial charge >= 0.3 is 0 Å². The molecule has 2 aliphatic carbocycles. The van der Waals surface area contributed by atoms with Crippen molar-refractivity contribution in [3.05, 3.63) is 30.3 Å². The fraction of sp³-hybridized carbons (Fsp3) is 0.682. The Morgan fingerprint density at radius 3 is 2.32 bits per heavy atom. The standard InChI is InChI=1S/C22H33N3O.2ClH/c1-24(20-11-6-12-25(15-20)19-9-3-2-4-10-19)22(26)18-13-16-7-5-8-17(14-18)21(16)23;;/h2-4,9-10,16-18,20-21H,5-8,11-15,23H2,1H3;2*1H. The van der Waals surface area contributed by atoms with Gasteiger partial charge in [-0.05, 0) is 62.5 Å². The smallest absolute Gasteiger partial charge is 0.225 e. The highest BCUT2D eigenvalue weighted by atomic mass is 35.5. The minimum atomic E-state index is 0. The quantitative estimate of drug-likeness (QED) is 0.788. The Hall–Kier alpha value is -0.970. The van der Waals surface area contributed by atoms with Crippen LogP contribution in [0.5, 0.6) is 0 Å². The Balaban J connectivity index is 0.00000140. The summed E-state index contributed by atoms with van der Waals surface area (Å²) < 4.78 is 0. The largest absolute Gasteiger partial charge is 0.369 e. The maximum atomic E-state index is 13.2. The third-order valence-corrected chi connectivity index (χ3v) is 7.18. The van der Waals surface area contributed by atoms with Crippen LogP contribution in [0.1, 0.15) is 44.9 Å². The molecule has 1 amide bonds. The first-order valence-corrected chi connectivity index (χ1v) is 10.5. The summed E-state index contributed by atoms with van der Waals surface area (Å²) in [6.07, 6.45) is 8.02. The van der Waals surface area contributed by atoms with Gasteiger partial charge in [0.05, 0.1) is 0 Å². The number of nitrogens with zero attached hydrogens (tertiary/aromatic N) is 2. The van der Waals surface area contributed by atoms with Crippen LogP contribution < -0.4 is 10.6 Å². The molecule has 0 radical (unpaired) electrons. The molecule has 1 aliphatic heterocycles. The highest BCUT2D eigenvalue weighted by Crippen LogP contribution is 2.42. The van der Waals surface area contributed by atoms with Crippen LogP contribution in [0.2, 0.25) is 0 Å². The number of halogens is 2. The summed E-state index contributed by atoms with van der Waals surface area (Å²) in [6.45, 7) is 2.04. The second kappa shape index (κ2) is 10.2. The van der Waals surface area contributed by atoms with Gasteiger partial charge in [-0.2, -0.15) is 0 Å². The maximum Gasteiger partial charge on any atom is 0.225 e. The topological polar surface area (TPSA) is 49.6 Å². The van der Waals surface area contributed by atoms with Crippen LogP contribution in [0.25, 0.3) is 0 Å². The van der Waals surface area contributed by atoms with Crippen LogP contribution in [0.3, 0.4) is 0 Å². The predicted molar refractivity (Wildman–Crippen MR) is 120 cm³/mol. The van der Waals surface area contributed by atoms with E-state index >= 15 is 0 Å². The van der Waals surface area contributed by atoms with Gasteiger partial charge < -0.3 is 15.5 Å². The Morgan fingerprint density at radius 1 is 1.04 bits per heavy atom. The Morgan fingerprint density at radius 2 is 1.68 bits per heavy atom. The monoisotopic (exact) mass is 427 g/mol. The molecule has 3 atom stereocenters. The van der Waals surface area contributed by atoms with E-state index in [1.807, 2.05) is 7.05 Å². The molecule has 28 heavy (non-hydrogen) atoms. The zero-order valence-electron chi connectivity index (χ0n) is 16.8. The van der Waals surface area contributed by atoms with E-state index in [0.29, 0.717) is 29.8 Å². The molecule has 4 nitrogen and oxygen atoms in total. The molecule has 2 bridgehead atoms. The molecule has 4 rings (SSSR count). The van der Waals surface area contributed by atoms with Gasteiger partial charge in [0.25, 0.3) is 0 Å². The number of fused-ring (bicyclic) bond motifs is 2. The average Bonchev–Trinajstić information content (AvgIpc) is 2.67. The van der Waals surface area contributed by atoms with E-state index < -0.39 is 0 Å². The SMILES string of the molecule is CN(C(=O)C1CC2CCCC(C1)C2N)C1CCCN(c2ccccc2)C1.Cl.Cl. The van der Waals surface area contributed by atoms with Crippen LogP contribution in [0.15, 0.2) is 30.3 Å². The molecule has 2 saturated carbocycles. The van der Waals surface area contributed by atoms with E-state index in [0.717, 1.165) is 38.8 Å². The number of hydrogen-bond donors (Lipinski definition) is 1. The fourth-order valence-corrected chi connectivity index (χ4v) is 5.60. The second-order valence-electron chi connectivity index (χ2n) is 8.72. The summed E-state index contributed by atoms with van der Waals surface area (Å²) in [5.41, 5.74) is 7.69. The highest BCUT2D eigenvalue weighted by molar-refractivity contribution is 5.85. The molecule has 3 fully saturated rings. The fourth-order valence-electron chi connectivity index (χ4n) is 5.60. The highest BCUT2D eigenvalue weighted by Gasteiger charge is 2.42. The van der Waals surface area contributed by atoms with E-state index in [-0.39, 0.29) is 30.7 Å². The number of benzene rings is 1. The predicted octanol–water partition coefficient (Wildman–Crippen LogP) is 4.11. The minimum Gasteiger partial charge on any atom is -0.369 e. The molecular weight excluding hydrogens is 393 g/mol. The number of rotatable bonds is 3. The van der Waals surface area contributed by atoms with Crippen molar-refractivity contribution < 1.29 is 4.79 Å². The lowest BCUT2D eigenvalue weighted by atomic mass is 9.65. The first kappa shape index (κ1) is 23.3. The molecule has 158 valence electrons. The second-order valence-corrected chi connectivity index (χ2v) is 8.72. The van der Waals surface area contributed by atoms with Crippen LogP contribution in [-0.4, -0.2) is 43.0 Å². The van der Waals surface area contributed by atoms with Crippen molar-refractivity contribution in [2.24, 2.45) is 23.5 Å². The molecule has 1 heterocycles. The van der Waals surface area contributed by atoms with Gasteiger partial charge in [-0.1, -0.05) is 24.6 Å². The molecule has 2 N–H and O–H groups in total. The van der Waals surface area contributed by atoms with Crippen molar-refractivity contribution in [2.75, 3.05) is 25.0 Å². The number of carbonyl (C=O) groups is 1. The maximum absolute atomic E-state index is 13.2. The average molecular weight is 428 g/mol. The Kier molecular flexibility index (Phi) is 8.47. The normalized spacial score (nSPS) is 31.9. The molecule has 1 saturated heterocycles. The zero-order valence-corrected chi connectivity index (χ0v) is 18.5. The number of amides is 1. The lowest BCUT2D eigenvalue weighted by Crippen LogP contribution is -2.53. The molecule has 0 spiro atoms. The minimum absolute atomic E-state index is 0. The van der Waals surface area contributed by atoms with Crippen LogP contribution in [0, 0.1) is 17.8 Å². The van der Waals surface area contributed by atoms with E-state index in [9.17, 15) is 4.79 Å². The third-order valence-electron chi connectivity index (χ3n) is 7.18. The number of carbonyl (C=O) groups excluding carboxylic acids is 1. The van der Waals surface area contributed by atoms with Crippen molar-refractivity contribution in [2.45, 2.75) is 57.0 Å². The van der Waals surface area contributed by atoms with Crippen LogP contribution in [0.4, 0.5) is 5.69 Å². The van der Waals surface area contributed by atoms with Crippen molar-refractivity contribution in [1.82, 2.24) is 4.90 Å². The van der Waals surface area contributed by atoms with E-state index in [1.165, 1.54) is 24.9 Å². The first-order chi connectivity index (χ1) is 12.6. The lowest BCUT2D eigenvalue weighted by Gasteiger charge is -2.45. The van der Waals surface area contributed by atoms with Crippen LogP contribution >= 0.6 is 24.8 Å². The summed E-state index contributed by atoms with van der Waals surface area (Å²) in [6, 6.07) is 11.3. The van der Waals surface area contributed by atoms with E-state index in [1.54, 1.807) is 0 Å². The van der Waals surface area contributed by atoms with Gasteiger partial charge in [-0.3, -0.25) is 4.79 Å². The number of hydrogen-bond acceptors (Lipinski definition) is 3. The van der Waals surface area contributed by atoms with Gasteiger partial charge in [-0.15, -0.1) is 24.8 Å². The van der Waals surface area contributed by atoms with Gasteiger partial charge in [0.2, 0.25) is 5.91 Å². The molecule has 1 aromatic rings. The number of piperidine rings is 1. The first-order valence-electron chi connectivity index (χ1n) is 10.5. The summed E-state index contributed by atoms with van der Waals surface area (Å²) in [5.74, 6) is 1.70. The zero-order chi connectivity index (χ0) is 18.1. The van der Waals surface area contributed by atoms with Gasteiger partial charge in [0.15, 0.2) is 0 Å². The number of para-hydroxylation sites is 1. The Labute approximate surface area is 182 Å². The van der Waals surface area contributed by atoms with Crippen molar-refractivity contribution >= 4 is 36.4 Å². The molecule has 1 aromatic carbocycles. The Bertz CT molecular complexity index is 615. The number of nitrogens with two attached hydrogens (primary N) is 1. The summed E-state index contributed by atoms with van der Waals surface area (Å²) in [5, 5.41) is 0. The van der Waals surface area contributed by atoms with Gasteiger partial charge in [0, 0.05) is 43.8 Å². The number of anilines is 1. The lowest BCUT2D eigenvalue weighted by molar-refractivity contribution is -0.139. The van der Waals surface area contributed by atoms with Crippen molar-refractivity contribution in [3.63, 3.8) is 0 Å². The van der Waals surface area contributed by atoms with Crippen molar-refractivity contribution in [1.29, 1.82) is 0 Å². The van der Waals surface area contributed by atoms with E-state index in [2.05, 4.69) is 40.1 Å². The molecule has 3 unspecified atom stereocenters. The molecule has 0 aromatic heterocycles. The van der Waals surface area contributed by atoms with Gasteiger partial charge in [0.1, 0.15) is 0 Å². The third kappa shape index (κ3) is 4.77. The van der Waals surface area contributed by atoms with E-state index in [4.69, 9.17) is 5.73 Å². The van der Waals surface area contributed by atoms with Gasteiger partial charge in [-0.25, -0.2) is 0 Å². The van der Waals surface area contributed by atoms with Crippen molar-refractivity contribution in [3.8, 4) is 0 Å². The summed E-state index contributed by atoms with van der Waals surface area (Å²) >= 11 is 0. The molecule has 3 aliphatic rings. The molecular formula is C22H35Cl2N3O. The number of likely N-dealkylation sites (N-methyl/N-ethyl adjacent to an activating group) is 1. The van der Waals surface area contributed by atoms with Crippen LogP contribution in [-0.2, 0) is 4.79 Å².